The predicted octanol–water partition coefficient (Wildman–Crippen LogP) is 2.93. The smallest absolute Gasteiger partial charge is 0.273 e. The first kappa shape index (κ1) is 19.0. The minimum absolute atomic E-state index is 0.135. The van der Waals surface area contributed by atoms with Crippen molar-refractivity contribution in [2.75, 3.05) is 20.3 Å². The fraction of sp³-hybridized carbons (Fsp3) is 0.200. The van der Waals surface area contributed by atoms with Crippen molar-refractivity contribution in [2.24, 2.45) is 0 Å². The number of hydrogen-bond acceptors (Lipinski definition) is 7. The number of rotatable bonds is 7. The average Bonchev–Trinajstić information content (AvgIpc) is 3.42. The van der Waals surface area contributed by atoms with Crippen molar-refractivity contribution in [3.05, 3.63) is 69.9 Å². The molecule has 8 nitrogen and oxygen atoms in total. The molecule has 4 aromatic rings. The number of amides is 1. The van der Waals surface area contributed by atoms with Crippen LogP contribution in [0.4, 0.5) is 0 Å². The van der Waals surface area contributed by atoms with Gasteiger partial charge in [-0.15, -0.1) is 11.3 Å². The Balaban J connectivity index is 1.61. The van der Waals surface area contributed by atoms with Gasteiger partial charge in [-0.2, -0.15) is 0 Å². The van der Waals surface area contributed by atoms with Gasteiger partial charge < -0.3 is 19.0 Å². The summed E-state index contributed by atoms with van der Waals surface area (Å²) in [6.07, 6.45) is 1.56. The molecule has 0 aliphatic rings. The fourth-order valence-electron chi connectivity index (χ4n) is 2.89. The molecule has 29 heavy (non-hydrogen) atoms. The van der Waals surface area contributed by atoms with Crippen LogP contribution in [0.3, 0.4) is 0 Å². The van der Waals surface area contributed by atoms with Crippen LogP contribution in [0.2, 0.25) is 0 Å². The number of aromatic amines is 1. The number of thiazole rings is 1. The zero-order chi connectivity index (χ0) is 20.2. The van der Waals surface area contributed by atoms with Crippen LogP contribution in [0, 0.1) is 0 Å². The van der Waals surface area contributed by atoms with Gasteiger partial charge >= 0.3 is 0 Å². The van der Waals surface area contributed by atoms with E-state index in [0.29, 0.717) is 46.3 Å². The van der Waals surface area contributed by atoms with Crippen LogP contribution in [-0.2, 0) is 11.3 Å². The lowest BCUT2D eigenvalue weighted by atomic mass is 10.2. The van der Waals surface area contributed by atoms with E-state index in [1.807, 2.05) is 6.07 Å². The number of nitrogens with zero attached hydrogens (tertiary/aromatic N) is 3. The van der Waals surface area contributed by atoms with Gasteiger partial charge in [0.15, 0.2) is 10.8 Å². The third kappa shape index (κ3) is 4.10. The topological polar surface area (TPSA) is 101 Å². The Morgan fingerprint density at radius 3 is 2.90 bits per heavy atom. The molecule has 3 heterocycles. The van der Waals surface area contributed by atoms with Gasteiger partial charge in [-0.3, -0.25) is 9.59 Å². The SMILES string of the molecule is COCCN(Cc1nc2ccccc2c(=O)[nH]1)C(=O)c1csc(-c2ccco2)n1. The molecule has 0 saturated carbocycles. The molecule has 0 radical (unpaired) electrons. The van der Waals surface area contributed by atoms with Crippen molar-refractivity contribution in [1.29, 1.82) is 0 Å². The molecule has 0 unspecified atom stereocenters. The average molecular weight is 410 g/mol. The molecule has 0 fully saturated rings. The lowest BCUT2D eigenvalue weighted by Gasteiger charge is -2.21. The van der Waals surface area contributed by atoms with Gasteiger partial charge in [-0.1, -0.05) is 12.1 Å². The lowest BCUT2D eigenvalue weighted by molar-refractivity contribution is 0.0670. The maximum atomic E-state index is 13.1. The highest BCUT2D eigenvalue weighted by Crippen LogP contribution is 2.24. The van der Waals surface area contributed by atoms with Crippen molar-refractivity contribution in [2.45, 2.75) is 6.54 Å². The largest absolute Gasteiger partial charge is 0.462 e. The molecule has 9 heteroatoms. The summed E-state index contributed by atoms with van der Waals surface area (Å²) in [5, 5.41) is 2.83. The number of furan rings is 1. The summed E-state index contributed by atoms with van der Waals surface area (Å²) in [6, 6.07) is 10.6. The monoisotopic (exact) mass is 410 g/mol. The third-order valence-electron chi connectivity index (χ3n) is 4.31. The number of ether oxygens (including phenoxy) is 1. The molecule has 1 amide bonds. The van der Waals surface area contributed by atoms with E-state index >= 15 is 0 Å². The maximum absolute atomic E-state index is 13.1. The number of benzene rings is 1. The number of para-hydroxylation sites is 1. The summed E-state index contributed by atoms with van der Waals surface area (Å²) in [7, 11) is 1.57. The summed E-state index contributed by atoms with van der Waals surface area (Å²) in [5.41, 5.74) is 0.651. The van der Waals surface area contributed by atoms with E-state index in [0.717, 1.165) is 0 Å². The first-order chi connectivity index (χ1) is 14.2. The van der Waals surface area contributed by atoms with Gasteiger partial charge in [0, 0.05) is 19.0 Å². The lowest BCUT2D eigenvalue weighted by Crippen LogP contribution is -2.35. The van der Waals surface area contributed by atoms with E-state index in [1.54, 1.807) is 54.0 Å². The van der Waals surface area contributed by atoms with Gasteiger partial charge in [-0.05, 0) is 24.3 Å². The molecule has 0 aliphatic carbocycles. The van der Waals surface area contributed by atoms with Crippen LogP contribution in [0.5, 0.6) is 0 Å². The van der Waals surface area contributed by atoms with Crippen LogP contribution >= 0.6 is 11.3 Å². The number of carbonyl (C=O) groups excluding carboxylic acids is 1. The fourth-order valence-corrected chi connectivity index (χ4v) is 3.65. The molecule has 4 rings (SSSR count). The van der Waals surface area contributed by atoms with E-state index in [2.05, 4.69) is 15.0 Å². The van der Waals surface area contributed by atoms with Crippen molar-refractivity contribution in [3.63, 3.8) is 0 Å². The normalized spacial score (nSPS) is 11.1. The minimum Gasteiger partial charge on any atom is -0.462 e. The number of hydrogen-bond donors (Lipinski definition) is 1. The van der Waals surface area contributed by atoms with Crippen LogP contribution in [-0.4, -0.2) is 46.0 Å². The highest BCUT2D eigenvalue weighted by atomic mass is 32.1. The maximum Gasteiger partial charge on any atom is 0.273 e. The van der Waals surface area contributed by atoms with Crippen molar-refractivity contribution < 1.29 is 13.9 Å². The minimum atomic E-state index is -0.271. The second-order valence-corrected chi connectivity index (χ2v) is 7.12. The first-order valence-corrected chi connectivity index (χ1v) is 9.79. The van der Waals surface area contributed by atoms with Crippen molar-refractivity contribution in [1.82, 2.24) is 19.9 Å². The molecule has 0 atom stereocenters. The molecule has 1 aromatic carbocycles. The number of H-pyrrole nitrogens is 1. The van der Waals surface area contributed by atoms with Gasteiger partial charge in [-0.25, -0.2) is 9.97 Å². The molecule has 1 N–H and O–H groups in total. The summed E-state index contributed by atoms with van der Waals surface area (Å²) in [6.45, 7) is 0.814. The molecule has 3 aromatic heterocycles. The summed E-state index contributed by atoms with van der Waals surface area (Å²) >= 11 is 1.33. The molecular formula is C20H18N4O4S. The van der Waals surface area contributed by atoms with E-state index in [1.165, 1.54) is 11.3 Å². The molecule has 0 saturated heterocycles. The molecular weight excluding hydrogens is 392 g/mol. The van der Waals surface area contributed by atoms with E-state index in [9.17, 15) is 9.59 Å². The van der Waals surface area contributed by atoms with Gasteiger partial charge in [0.1, 0.15) is 11.5 Å². The zero-order valence-electron chi connectivity index (χ0n) is 15.6. The Labute approximate surface area is 169 Å². The van der Waals surface area contributed by atoms with Crippen LogP contribution in [0.15, 0.2) is 57.3 Å². The second kappa shape index (κ2) is 8.38. The highest BCUT2D eigenvalue weighted by molar-refractivity contribution is 7.13. The molecule has 0 bridgehead atoms. The highest BCUT2D eigenvalue weighted by Gasteiger charge is 2.21. The Morgan fingerprint density at radius 1 is 1.24 bits per heavy atom. The molecule has 148 valence electrons. The Bertz CT molecular complexity index is 1180. The standard InChI is InChI=1S/C20H18N4O4S/c1-27-10-8-24(11-17-21-14-6-3-2-5-13(14)18(25)23-17)20(26)15-12-29-19(22-15)16-7-4-9-28-16/h2-7,9,12H,8,10-11H2,1H3,(H,21,23,25). The molecule has 0 aliphatic heterocycles. The molecule has 0 spiro atoms. The Morgan fingerprint density at radius 2 is 2.10 bits per heavy atom. The number of methoxy groups -OCH3 is 1. The number of nitrogens with one attached hydrogen (secondary N) is 1. The zero-order valence-corrected chi connectivity index (χ0v) is 16.4. The number of aromatic nitrogens is 3. The number of carbonyl (C=O) groups is 1. The number of fused-ring (bicyclic) bond motifs is 1. The van der Waals surface area contributed by atoms with Gasteiger partial charge in [0.2, 0.25) is 0 Å². The Hall–Kier alpha value is -3.30. The predicted molar refractivity (Wildman–Crippen MR) is 109 cm³/mol. The van der Waals surface area contributed by atoms with Crippen LogP contribution in [0.25, 0.3) is 21.7 Å². The summed E-state index contributed by atoms with van der Waals surface area (Å²) in [5.74, 6) is 0.740. The van der Waals surface area contributed by atoms with Gasteiger partial charge in [0.05, 0.1) is 30.3 Å². The van der Waals surface area contributed by atoms with Crippen LogP contribution < -0.4 is 5.56 Å². The van der Waals surface area contributed by atoms with Gasteiger partial charge in [0.25, 0.3) is 11.5 Å². The summed E-state index contributed by atoms with van der Waals surface area (Å²) < 4.78 is 10.5. The van der Waals surface area contributed by atoms with E-state index in [4.69, 9.17) is 9.15 Å². The third-order valence-corrected chi connectivity index (χ3v) is 5.17. The van der Waals surface area contributed by atoms with E-state index < -0.39 is 0 Å². The summed E-state index contributed by atoms with van der Waals surface area (Å²) in [4.78, 5) is 38.6. The van der Waals surface area contributed by atoms with Crippen LogP contribution in [0.1, 0.15) is 16.3 Å². The van der Waals surface area contributed by atoms with E-state index in [-0.39, 0.29) is 18.0 Å². The Kier molecular flexibility index (Phi) is 5.50. The quantitative estimate of drug-likeness (QED) is 0.503. The second-order valence-electron chi connectivity index (χ2n) is 6.26. The first-order valence-electron chi connectivity index (χ1n) is 8.91. The van der Waals surface area contributed by atoms with Crippen molar-refractivity contribution in [3.8, 4) is 10.8 Å². The van der Waals surface area contributed by atoms with Crippen molar-refractivity contribution >= 4 is 28.1 Å².